The van der Waals surface area contributed by atoms with Crippen molar-refractivity contribution < 1.29 is 19.7 Å². The van der Waals surface area contributed by atoms with Gasteiger partial charge in [0.2, 0.25) is 0 Å². The molecule has 0 aliphatic carbocycles. The van der Waals surface area contributed by atoms with Crippen LogP contribution in [0.1, 0.15) is 64.7 Å². The van der Waals surface area contributed by atoms with Crippen molar-refractivity contribution in [1.82, 2.24) is 0 Å². The van der Waals surface area contributed by atoms with E-state index in [4.69, 9.17) is 9.84 Å². The Morgan fingerprint density at radius 1 is 1.18 bits per heavy atom. The van der Waals surface area contributed by atoms with E-state index in [0.717, 1.165) is 32.1 Å². The number of carboxylic acid groups (broad SMARTS) is 1. The molecule has 1 rings (SSSR count). The van der Waals surface area contributed by atoms with E-state index < -0.39 is 12.1 Å². The molecule has 4 nitrogen and oxygen atoms in total. The number of epoxide rings is 1. The van der Waals surface area contributed by atoms with E-state index in [1.807, 2.05) is 12.2 Å². The van der Waals surface area contributed by atoms with E-state index in [2.05, 4.69) is 6.92 Å². The number of ether oxygens (including phenoxy) is 1. The molecule has 0 aromatic rings. The van der Waals surface area contributed by atoms with Crippen molar-refractivity contribution in [3.63, 3.8) is 0 Å². The Hall–Kier alpha value is -1.13. The smallest absolute Gasteiger partial charge is 0.303 e. The molecule has 0 saturated carbocycles. The second kappa shape index (κ2) is 11.4. The number of aliphatic hydroxyl groups is 1. The van der Waals surface area contributed by atoms with Gasteiger partial charge in [0.1, 0.15) is 6.10 Å². The highest BCUT2D eigenvalue weighted by atomic mass is 16.6. The van der Waals surface area contributed by atoms with E-state index in [9.17, 15) is 9.90 Å². The molecule has 4 heteroatoms. The SMILES string of the molecule is CCCCCC1OC1/C=C/C(O)/C=C/CCCCCC(=O)O. The topological polar surface area (TPSA) is 70.1 Å². The maximum Gasteiger partial charge on any atom is 0.303 e. The predicted molar refractivity (Wildman–Crippen MR) is 87.8 cm³/mol. The Labute approximate surface area is 133 Å². The van der Waals surface area contributed by atoms with Crippen molar-refractivity contribution in [3.8, 4) is 0 Å². The number of carbonyl (C=O) groups is 1. The Balaban J connectivity index is 2.01. The average molecular weight is 310 g/mol. The normalized spacial score (nSPS) is 22.5. The van der Waals surface area contributed by atoms with Crippen LogP contribution in [-0.4, -0.2) is 34.5 Å². The van der Waals surface area contributed by atoms with Crippen LogP contribution in [0.15, 0.2) is 24.3 Å². The number of hydrogen-bond donors (Lipinski definition) is 2. The van der Waals surface area contributed by atoms with Gasteiger partial charge in [-0.05, 0) is 25.7 Å². The quantitative estimate of drug-likeness (QED) is 0.308. The van der Waals surface area contributed by atoms with Gasteiger partial charge in [-0.15, -0.1) is 0 Å². The summed E-state index contributed by atoms with van der Waals surface area (Å²) in [6.45, 7) is 2.19. The molecule has 2 N–H and O–H groups in total. The Morgan fingerprint density at radius 2 is 2.00 bits per heavy atom. The Morgan fingerprint density at radius 3 is 2.73 bits per heavy atom. The molecule has 1 fully saturated rings. The van der Waals surface area contributed by atoms with Gasteiger partial charge in [-0.3, -0.25) is 4.79 Å². The van der Waals surface area contributed by atoms with Crippen LogP contribution in [0.3, 0.4) is 0 Å². The molecule has 0 bridgehead atoms. The molecule has 1 aliphatic heterocycles. The maximum absolute atomic E-state index is 10.3. The zero-order valence-electron chi connectivity index (χ0n) is 13.6. The van der Waals surface area contributed by atoms with Gasteiger partial charge in [0.25, 0.3) is 0 Å². The lowest BCUT2D eigenvalue weighted by atomic mass is 10.1. The van der Waals surface area contributed by atoms with Crippen molar-refractivity contribution in [2.45, 2.75) is 83.0 Å². The van der Waals surface area contributed by atoms with E-state index in [0.29, 0.717) is 6.10 Å². The molecule has 22 heavy (non-hydrogen) atoms. The molecule has 0 spiro atoms. The lowest BCUT2D eigenvalue weighted by molar-refractivity contribution is -0.137. The van der Waals surface area contributed by atoms with Crippen LogP contribution in [-0.2, 0) is 9.53 Å². The fourth-order valence-corrected chi connectivity index (χ4v) is 2.39. The summed E-state index contributed by atoms with van der Waals surface area (Å²) in [5.41, 5.74) is 0. The van der Waals surface area contributed by atoms with Crippen LogP contribution < -0.4 is 0 Å². The van der Waals surface area contributed by atoms with Gasteiger partial charge in [0.05, 0.1) is 12.2 Å². The first-order valence-corrected chi connectivity index (χ1v) is 8.53. The Kier molecular flexibility index (Phi) is 9.84. The molecule has 0 aromatic heterocycles. The predicted octanol–water partition coefficient (Wildman–Crippen LogP) is 3.84. The lowest BCUT2D eigenvalue weighted by Crippen LogP contribution is -1.98. The minimum absolute atomic E-state index is 0.191. The second-order valence-corrected chi connectivity index (χ2v) is 5.93. The van der Waals surface area contributed by atoms with Crippen LogP contribution >= 0.6 is 0 Å². The summed E-state index contributed by atoms with van der Waals surface area (Å²) in [6.07, 6.45) is 16.0. The lowest BCUT2D eigenvalue weighted by Gasteiger charge is -1.98. The highest BCUT2D eigenvalue weighted by Gasteiger charge is 2.35. The third kappa shape index (κ3) is 9.74. The van der Waals surface area contributed by atoms with Gasteiger partial charge in [0.15, 0.2) is 0 Å². The van der Waals surface area contributed by atoms with Crippen LogP contribution in [0.4, 0.5) is 0 Å². The third-order valence-corrected chi connectivity index (χ3v) is 3.81. The maximum atomic E-state index is 10.3. The molecule has 1 saturated heterocycles. The molecular weight excluding hydrogens is 280 g/mol. The number of carboxylic acids is 1. The van der Waals surface area contributed by atoms with Crippen LogP contribution in [0.2, 0.25) is 0 Å². The summed E-state index contributed by atoms with van der Waals surface area (Å²) in [5.74, 6) is -0.730. The number of allylic oxidation sites excluding steroid dienone is 1. The van der Waals surface area contributed by atoms with E-state index in [1.54, 1.807) is 12.2 Å². The molecule has 1 aliphatic rings. The number of unbranched alkanes of at least 4 members (excludes halogenated alkanes) is 5. The monoisotopic (exact) mass is 310 g/mol. The minimum Gasteiger partial charge on any atom is -0.481 e. The standard InChI is InChI=1S/C18H30O4/c1-2-3-7-11-16-17(22-16)14-13-15(19)10-8-5-4-6-9-12-18(20)21/h8,10,13-17,19H,2-7,9,11-12H2,1H3,(H,20,21)/b10-8+,14-13+. The van der Waals surface area contributed by atoms with Crippen molar-refractivity contribution >= 4 is 5.97 Å². The first-order chi connectivity index (χ1) is 10.6. The van der Waals surface area contributed by atoms with Crippen molar-refractivity contribution in [3.05, 3.63) is 24.3 Å². The van der Waals surface area contributed by atoms with Gasteiger partial charge < -0.3 is 14.9 Å². The molecule has 3 atom stereocenters. The summed E-state index contributed by atoms with van der Waals surface area (Å²) in [6, 6.07) is 0. The van der Waals surface area contributed by atoms with Gasteiger partial charge in [-0.25, -0.2) is 0 Å². The van der Waals surface area contributed by atoms with Crippen LogP contribution in [0.5, 0.6) is 0 Å². The van der Waals surface area contributed by atoms with Crippen molar-refractivity contribution in [1.29, 1.82) is 0 Å². The fourth-order valence-electron chi connectivity index (χ4n) is 2.39. The second-order valence-electron chi connectivity index (χ2n) is 5.93. The number of aliphatic hydroxyl groups excluding tert-OH is 1. The van der Waals surface area contributed by atoms with Gasteiger partial charge in [0, 0.05) is 6.42 Å². The van der Waals surface area contributed by atoms with Gasteiger partial charge >= 0.3 is 5.97 Å². The molecule has 0 amide bonds. The number of hydrogen-bond acceptors (Lipinski definition) is 3. The Bertz CT molecular complexity index is 362. The summed E-state index contributed by atoms with van der Waals surface area (Å²) in [7, 11) is 0. The largest absolute Gasteiger partial charge is 0.481 e. The zero-order valence-corrected chi connectivity index (χ0v) is 13.6. The molecule has 0 aromatic carbocycles. The highest BCUT2D eigenvalue weighted by molar-refractivity contribution is 5.66. The number of aliphatic carboxylic acids is 1. The highest BCUT2D eigenvalue weighted by Crippen LogP contribution is 2.28. The summed E-state index contributed by atoms with van der Waals surface area (Å²) in [5, 5.41) is 18.3. The van der Waals surface area contributed by atoms with Gasteiger partial charge in [-0.1, -0.05) is 56.9 Å². The molecule has 0 radical (unpaired) electrons. The molecule has 3 unspecified atom stereocenters. The minimum atomic E-state index is -0.730. The molecular formula is C18H30O4. The van der Waals surface area contributed by atoms with E-state index in [1.165, 1.54) is 19.3 Å². The molecule has 126 valence electrons. The first-order valence-electron chi connectivity index (χ1n) is 8.53. The zero-order chi connectivity index (χ0) is 16.2. The third-order valence-electron chi connectivity index (χ3n) is 3.81. The molecule has 1 heterocycles. The van der Waals surface area contributed by atoms with Crippen molar-refractivity contribution in [2.24, 2.45) is 0 Å². The summed E-state index contributed by atoms with van der Waals surface area (Å²) in [4.78, 5) is 10.3. The number of rotatable bonds is 13. The fraction of sp³-hybridized carbons (Fsp3) is 0.722. The van der Waals surface area contributed by atoms with Gasteiger partial charge in [-0.2, -0.15) is 0 Å². The van der Waals surface area contributed by atoms with Crippen LogP contribution in [0.25, 0.3) is 0 Å². The first kappa shape index (κ1) is 18.9. The van der Waals surface area contributed by atoms with E-state index in [-0.39, 0.29) is 12.5 Å². The summed E-state index contributed by atoms with van der Waals surface area (Å²) >= 11 is 0. The van der Waals surface area contributed by atoms with Crippen LogP contribution in [0, 0.1) is 0 Å². The average Bonchev–Trinajstić information content (AvgIpc) is 3.22. The summed E-state index contributed by atoms with van der Waals surface area (Å²) < 4.78 is 5.53. The van der Waals surface area contributed by atoms with E-state index >= 15 is 0 Å². The van der Waals surface area contributed by atoms with Crippen molar-refractivity contribution in [2.75, 3.05) is 0 Å².